The Hall–Kier alpha value is -0.704. The molecule has 1 aromatic heterocycles. The molecule has 7 nitrogen and oxygen atoms in total. The van der Waals surface area contributed by atoms with E-state index in [2.05, 4.69) is 38.8 Å². The number of nitrogens with zero attached hydrogens (tertiary/aromatic N) is 1. The van der Waals surface area contributed by atoms with Crippen molar-refractivity contribution in [3.63, 3.8) is 0 Å². The second-order valence-corrected chi connectivity index (χ2v) is 15.3. The molecule has 4 atom stereocenters. The van der Waals surface area contributed by atoms with Gasteiger partial charge in [-0.1, -0.05) is 0 Å². The van der Waals surface area contributed by atoms with Crippen LogP contribution in [0.15, 0.2) is 21.9 Å². The van der Waals surface area contributed by atoms with E-state index in [-0.39, 0.29) is 24.8 Å². The molecule has 0 saturated carbocycles. The predicted molar refractivity (Wildman–Crippen MR) is 95.0 cm³/mol. The molecule has 1 aliphatic heterocycles. The van der Waals surface area contributed by atoms with Crippen LogP contribution in [-0.2, 0) is 4.43 Å². The Kier molecular flexibility index (Phi) is 5.64. The van der Waals surface area contributed by atoms with Gasteiger partial charge in [0.15, 0.2) is 0 Å². The first kappa shape index (κ1) is 19.6. The molecule has 2 rings (SSSR count). The van der Waals surface area contributed by atoms with Crippen LogP contribution in [0.5, 0.6) is 0 Å². The summed E-state index contributed by atoms with van der Waals surface area (Å²) in [7, 11) is -1.94. The minimum atomic E-state index is -1.94. The fourth-order valence-corrected chi connectivity index (χ4v) is 6.56. The van der Waals surface area contributed by atoms with Crippen molar-refractivity contribution < 1.29 is 14.6 Å². The molecule has 0 radical (unpaired) electrons. The Balaban J connectivity index is 2.13. The van der Waals surface area contributed by atoms with Crippen LogP contribution in [0.4, 0.5) is 0 Å². The van der Waals surface area contributed by atoms with Crippen molar-refractivity contribution in [3.05, 3.63) is 33.1 Å². The fraction of sp³-hybridized carbons (Fsp3) is 0.733. The van der Waals surface area contributed by atoms with Crippen LogP contribution in [0.2, 0.25) is 22.9 Å². The third-order valence-corrected chi connectivity index (χ3v) is 12.6. The monoisotopic (exact) mass is 422 g/mol. The Labute approximate surface area is 148 Å². The van der Waals surface area contributed by atoms with Crippen molar-refractivity contribution in [2.24, 2.45) is 0 Å². The first-order valence-corrected chi connectivity index (χ1v) is 12.8. The van der Waals surface area contributed by atoms with Crippen LogP contribution < -0.4 is 11.2 Å². The Morgan fingerprint density at radius 2 is 1.92 bits per heavy atom. The quantitative estimate of drug-likeness (QED) is 0.606. The summed E-state index contributed by atoms with van der Waals surface area (Å²) in [6, 6.07) is 1.25. The van der Waals surface area contributed by atoms with Gasteiger partial charge in [-0.25, -0.2) is 0 Å². The summed E-state index contributed by atoms with van der Waals surface area (Å²) in [5.74, 6) is 0. The molecule has 136 valence electrons. The van der Waals surface area contributed by atoms with Crippen LogP contribution in [0, 0.1) is 0 Å². The number of hydrogen-bond donors (Lipinski definition) is 3. The van der Waals surface area contributed by atoms with E-state index in [0.717, 1.165) is 0 Å². The van der Waals surface area contributed by atoms with Gasteiger partial charge in [0, 0.05) is 0 Å². The van der Waals surface area contributed by atoms with Crippen molar-refractivity contribution in [2.45, 2.75) is 60.9 Å². The minimum absolute atomic E-state index is 0.0669. The molecule has 9 heteroatoms. The topological polar surface area (TPSA) is 105 Å². The van der Waals surface area contributed by atoms with Crippen molar-refractivity contribution in [1.29, 1.82) is 0 Å². The zero-order valence-electron chi connectivity index (χ0n) is 14.6. The Morgan fingerprint density at radius 3 is 2.46 bits per heavy atom. The van der Waals surface area contributed by atoms with E-state index in [4.69, 9.17) is 4.43 Å². The first-order valence-electron chi connectivity index (χ1n) is 7.91. The van der Waals surface area contributed by atoms with Gasteiger partial charge in [0.05, 0.1) is 0 Å². The third-order valence-electron chi connectivity index (χ3n) is 4.88. The molecule has 1 fully saturated rings. The van der Waals surface area contributed by atoms with Crippen LogP contribution in [0.1, 0.15) is 25.7 Å². The summed E-state index contributed by atoms with van der Waals surface area (Å²) in [5, 5.41) is 20.7. The van der Waals surface area contributed by atoms with E-state index in [9.17, 15) is 19.8 Å². The van der Waals surface area contributed by atoms with Gasteiger partial charge >= 0.3 is 148 Å². The molecule has 0 spiro atoms. The molecule has 2 unspecified atom stereocenters. The van der Waals surface area contributed by atoms with Gasteiger partial charge in [0.1, 0.15) is 0 Å². The number of hydrogen-bond acceptors (Lipinski definition) is 5. The maximum atomic E-state index is 11.9. The molecule has 0 aliphatic carbocycles. The van der Waals surface area contributed by atoms with Gasteiger partial charge in [-0.3, -0.25) is 0 Å². The van der Waals surface area contributed by atoms with Crippen LogP contribution in [-0.4, -0.2) is 61.9 Å². The van der Waals surface area contributed by atoms with E-state index < -0.39 is 36.7 Å². The average Bonchev–Trinajstić information content (AvgIpc) is 2.72. The number of rotatable bonds is 4. The summed E-state index contributed by atoms with van der Waals surface area (Å²) in [4.78, 5) is 24.6. The van der Waals surface area contributed by atoms with Gasteiger partial charge in [-0.05, 0) is 0 Å². The van der Waals surface area contributed by atoms with Gasteiger partial charge in [0.2, 0.25) is 0 Å². The van der Waals surface area contributed by atoms with Crippen LogP contribution >= 0.6 is 0 Å². The van der Waals surface area contributed by atoms with Gasteiger partial charge in [0.25, 0.3) is 0 Å². The number of aromatic nitrogens is 2. The van der Waals surface area contributed by atoms with E-state index in [1.165, 1.54) is 16.8 Å². The molecule has 1 saturated heterocycles. The van der Waals surface area contributed by atoms with Gasteiger partial charge in [-0.2, -0.15) is 0 Å². The SMILES string of the molecule is CC(C)(C)[Si](C)(C)OC[C@H]1[Se][C@@H](n2ccc(=O)[nH]c2=O)C(O)C1O. The maximum absolute atomic E-state index is 11.9. The van der Waals surface area contributed by atoms with Gasteiger partial charge < -0.3 is 0 Å². The molecule has 1 aromatic rings. The number of nitrogens with one attached hydrogen (secondary N) is 1. The summed E-state index contributed by atoms with van der Waals surface area (Å²) >= 11 is -0.233. The van der Waals surface area contributed by atoms with Crippen molar-refractivity contribution >= 4 is 23.3 Å². The molecule has 1 aliphatic rings. The second kappa shape index (κ2) is 6.89. The number of aliphatic hydroxyl groups excluding tert-OH is 2. The summed E-state index contributed by atoms with van der Waals surface area (Å²) in [6.45, 7) is 11.1. The molecule has 0 amide bonds. The average molecular weight is 421 g/mol. The van der Waals surface area contributed by atoms with Crippen molar-refractivity contribution in [1.82, 2.24) is 9.55 Å². The van der Waals surface area contributed by atoms with E-state index >= 15 is 0 Å². The number of aliphatic hydroxyl groups is 2. The zero-order chi connectivity index (χ0) is 18.3. The second-order valence-electron chi connectivity index (χ2n) is 7.64. The summed E-state index contributed by atoms with van der Waals surface area (Å²) in [6.07, 6.45) is -0.596. The van der Waals surface area contributed by atoms with Crippen LogP contribution in [0.3, 0.4) is 0 Å². The van der Waals surface area contributed by atoms with Gasteiger partial charge in [-0.15, -0.1) is 0 Å². The molecule has 24 heavy (non-hydrogen) atoms. The van der Waals surface area contributed by atoms with E-state index in [1.807, 2.05) is 0 Å². The third kappa shape index (κ3) is 3.92. The van der Waals surface area contributed by atoms with Crippen LogP contribution in [0.25, 0.3) is 0 Å². The molecule has 3 N–H and O–H groups in total. The predicted octanol–water partition coefficient (Wildman–Crippen LogP) is 0.285. The molecule has 2 heterocycles. The Bertz CT molecular complexity index is 696. The standard InChI is InChI=1S/C15H26N2O5SeSi/c1-15(2,3)24(4,5)22-8-9-11(19)12(20)13(23-9)17-7-6-10(18)16-14(17)21/h6-7,9,11-13,19-20H,8H2,1-5H3,(H,16,18,21)/t9-,11?,12?,13-/m1/s1. The first-order chi connectivity index (χ1) is 10.9. The Morgan fingerprint density at radius 1 is 1.29 bits per heavy atom. The normalized spacial score (nSPS) is 28.3. The fourth-order valence-electron chi connectivity index (χ4n) is 2.23. The summed E-state index contributed by atoms with van der Waals surface area (Å²) < 4.78 is 7.48. The number of aromatic amines is 1. The number of H-pyrrole nitrogens is 1. The zero-order valence-corrected chi connectivity index (χ0v) is 17.4. The van der Waals surface area contributed by atoms with Crippen molar-refractivity contribution in [3.8, 4) is 0 Å². The van der Waals surface area contributed by atoms with Crippen molar-refractivity contribution in [2.75, 3.05) is 6.61 Å². The van der Waals surface area contributed by atoms with E-state index in [0.29, 0.717) is 6.61 Å². The molecule has 0 aromatic carbocycles. The van der Waals surface area contributed by atoms with E-state index in [1.54, 1.807) is 0 Å². The molecule has 0 bridgehead atoms. The summed E-state index contributed by atoms with van der Waals surface area (Å²) in [5.41, 5.74) is -1.04. The molecular formula is C15H26N2O5SeSi. The molecular weight excluding hydrogens is 395 g/mol.